The van der Waals surface area contributed by atoms with Gasteiger partial charge in [0.2, 0.25) is 11.8 Å². The largest absolute Gasteiger partial charge is 0.379 e. The first-order valence-electron chi connectivity index (χ1n) is 10.6. The van der Waals surface area contributed by atoms with Crippen LogP contribution in [0.1, 0.15) is 37.8 Å². The van der Waals surface area contributed by atoms with Gasteiger partial charge in [-0.25, -0.2) is 0 Å². The van der Waals surface area contributed by atoms with Crippen molar-refractivity contribution in [1.29, 1.82) is 0 Å². The van der Waals surface area contributed by atoms with Gasteiger partial charge in [0.15, 0.2) is 0 Å². The molecule has 3 fully saturated rings. The third-order valence-electron chi connectivity index (χ3n) is 6.49. The minimum Gasteiger partial charge on any atom is -0.379 e. The molecule has 0 bridgehead atoms. The molecule has 28 heavy (non-hydrogen) atoms. The van der Waals surface area contributed by atoms with Crippen LogP contribution in [0.25, 0.3) is 0 Å². The van der Waals surface area contributed by atoms with E-state index < -0.39 is 0 Å². The van der Waals surface area contributed by atoms with Crippen molar-refractivity contribution in [3.8, 4) is 0 Å². The lowest BCUT2D eigenvalue weighted by atomic mass is 10.1. The van der Waals surface area contributed by atoms with Crippen LogP contribution in [-0.4, -0.2) is 78.5 Å². The molecule has 0 aromatic heterocycles. The topological polar surface area (TPSA) is 53.1 Å². The number of carbonyl (C=O) groups is 2. The molecule has 0 saturated carbocycles. The number of carbonyl (C=O) groups excluding carboxylic acids is 2. The number of hydrogen-bond acceptors (Lipinski definition) is 4. The van der Waals surface area contributed by atoms with Crippen LogP contribution in [0.15, 0.2) is 30.3 Å². The van der Waals surface area contributed by atoms with E-state index in [0.717, 1.165) is 57.8 Å². The highest BCUT2D eigenvalue weighted by atomic mass is 16.5. The Kier molecular flexibility index (Phi) is 5.97. The molecule has 0 radical (unpaired) electrons. The summed E-state index contributed by atoms with van der Waals surface area (Å²) < 4.78 is 5.44. The molecule has 0 N–H and O–H groups in total. The maximum Gasteiger partial charge on any atom is 0.228 e. The molecule has 3 aliphatic heterocycles. The average Bonchev–Trinajstić information content (AvgIpc) is 3.35. The van der Waals surface area contributed by atoms with Crippen LogP contribution in [0.3, 0.4) is 0 Å². The maximum absolute atomic E-state index is 13.3. The summed E-state index contributed by atoms with van der Waals surface area (Å²) >= 11 is 0. The Bertz CT molecular complexity index is 690. The van der Waals surface area contributed by atoms with Crippen LogP contribution in [0.4, 0.5) is 0 Å². The Morgan fingerprint density at radius 1 is 1.18 bits per heavy atom. The van der Waals surface area contributed by atoms with Crippen molar-refractivity contribution in [1.82, 2.24) is 14.7 Å². The summed E-state index contributed by atoms with van der Waals surface area (Å²) in [4.78, 5) is 32.2. The number of amides is 2. The SMILES string of the molecule is CC(c1ccccc1)N1CC(C(=O)N2CCC[C@H]2CN2CCOCC2)CC1=O. The Morgan fingerprint density at radius 3 is 2.68 bits per heavy atom. The van der Waals surface area contributed by atoms with E-state index in [-0.39, 0.29) is 29.8 Å². The van der Waals surface area contributed by atoms with E-state index in [2.05, 4.69) is 16.7 Å². The van der Waals surface area contributed by atoms with Crippen molar-refractivity contribution in [2.75, 3.05) is 45.9 Å². The molecule has 152 valence electrons. The van der Waals surface area contributed by atoms with Gasteiger partial charge in [0, 0.05) is 45.2 Å². The molecule has 3 aliphatic rings. The Morgan fingerprint density at radius 2 is 1.93 bits per heavy atom. The Hall–Kier alpha value is -1.92. The van der Waals surface area contributed by atoms with Gasteiger partial charge in [-0.2, -0.15) is 0 Å². The zero-order valence-corrected chi connectivity index (χ0v) is 16.8. The molecule has 4 rings (SSSR count). The molecule has 3 saturated heterocycles. The van der Waals surface area contributed by atoms with Crippen molar-refractivity contribution in [3.05, 3.63) is 35.9 Å². The minimum absolute atomic E-state index is 0.00854. The van der Waals surface area contributed by atoms with Gasteiger partial charge in [0.1, 0.15) is 0 Å². The molecule has 6 heteroatoms. The summed E-state index contributed by atoms with van der Waals surface area (Å²) in [5.41, 5.74) is 1.12. The van der Waals surface area contributed by atoms with Crippen molar-refractivity contribution >= 4 is 11.8 Å². The highest BCUT2D eigenvalue weighted by Gasteiger charge is 2.41. The molecule has 0 aliphatic carbocycles. The van der Waals surface area contributed by atoms with Crippen molar-refractivity contribution in [2.45, 2.75) is 38.3 Å². The predicted molar refractivity (Wildman–Crippen MR) is 107 cm³/mol. The van der Waals surface area contributed by atoms with E-state index in [4.69, 9.17) is 4.74 Å². The molecule has 3 atom stereocenters. The molecule has 3 heterocycles. The highest BCUT2D eigenvalue weighted by molar-refractivity contribution is 5.89. The number of benzene rings is 1. The quantitative estimate of drug-likeness (QED) is 0.777. The zero-order valence-electron chi connectivity index (χ0n) is 16.8. The fourth-order valence-corrected chi connectivity index (χ4v) is 4.81. The molecule has 0 spiro atoms. The lowest BCUT2D eigenvalue weighted by Crippen LogP contribution is -2.48. The first kappa shape index (κ1) is 19.4. The van der Waals surface area contributed by atoms with E-state index in [1.807, 2.05) is 35.2 Å². The lowest BCUT2D eigenvalue weighted by Gasteiger charge is -2.34. The maximum atomic E-state index is 13.3. The van der Waals surface area contributed by atoms with Crippen LogP contribution in [0, 0.1) is 5.92 Å². The molecule has 6 nitrogen and oxygen atoms in total. The summed E-state index contributed by atoms with van der Waals surface area (Å²) in [6.45, 7) is 7.80. The zero-order chi connectivity index (χ0) is 19.5. The van der Waals surface area contributed by atoms with Gasteiger partial charge in [-0.1, -0.05) is 30.3 Å². The van der Waals surface area contributed by atoms with Crippen LogP contribution in [0.5, 0.6) is 0 Å². The Balaban J connectivity index is 1.38. The minimum atomic E-state index is -0.205. The molecule has 2 amide bonds. The first-order valence-corrected chi connectivity index (χ1v) is 10.6. The monoisotopic (exact) mass is 385 g/mol. The second kappa shape index (κ2) is 8.62. The molecule has 2 unspecified atom stereocenters. The van der Waals surface area contributed by atoms with Crippen LogP contribution in [-0.2, 0) is 14.3 Å². The fourth-order valence-electron chi connectivity index (χ4n) is 4.81. The van der Waals surface area contributed by atoms with Crippen LogP contribution in [0.2, 0.25) is 0 Å². The lowest BCUT2D eigenvalue weighted by molar-refractivity contribution is -0.137. The van der Waals surface area contributed by atoms with Gasteiger partial charge in [-0.15, -0.1) is 0 Å². The third-order valence-corrected chi connectivity index (χ3v) is 6.49. The van der Waals surface area contributed by atoms with Crippen molar-refractivity contribution in [3.63, 3.8) is 0 Å². The van der Waals surface area contributed by atoms with Crippen molar-refractivity contribution in [2.24, 2.45) is 5.92 Å². The normalized spacial score (nSPS) is 27.4. The van der Waals surface area contributed by atoms with E-state index in [9.17, 15) is 9.59 Å². The van der Waals surface area contributed by atoms with Gasteiger partial charge in [-0.3, -0.25) is 14.5 Å². The summed E-state index contributed by atoms with van der Waals surface area (Å²) in [6.07, 6.45) is 2.47. The Labute approximate surface area is 167 Å². The second-order valence-corrected chi connectivity index (χ2v) is 8.27. The predicted octanol–water partition coefficient (Wildman–Crippen LogP) is 1.92. The summed E-state index contributed by atoms with van der Waals surface area (Å²) in [6, 6.07) is 10.4. The number of ether oxygens (including phenoxy) is 1. The number of morpholine rings is 1. The average molecular weight is 386 g/mol. The van der Waals surface area contributed by atoms with Crippen LogP contribution >= 0.6 is 0 Å². The van der Waals surface area contributed by atoms with Crippen molar-refractivity contribution < 1.29 is 14.3 Å². The summed E-state index contributed by atoms with van der Waals surface area (Å²) in [5.74, 6) is 0.0643. The first-order chi connectivity index (χ1) is 13.6. The molecular weight excluding hydrogens is 354 g/mol. The number of rotatable bonds is 5. The highest BCUT2D eigenvalue weighted by Crippen LogP contribution is 2.31. The van der Waals surface area contributed by atoms with E-state index >= 15 is 0 Å². The van der Waals surface area contributed by atoms with Gasteiger partial charge >= 0.3 is 0 Å². The number of nitrogens with zero attached hydrogens (tertiary/aromatic N) is 3. The smallest absolute Gasteiger partial charge is 0.228 e. The van der Waals surface area contributed by atoms with Crippen LogP contribution < -0.4 is 0 Å². The van der Waals surface area contributed by atoms with E-state index in [1.54, 1.807) is 0 Å². The van der Waals surface area contributed by atoms with E-state index in [1.165, 1.54) is 0 Å². The molecule has 1 aromatic carbocycles. The standard InChI is InChI=1S/C22H31N3O3/c1-17(18-6-3-2-4-7-18)25-15-19(14-21(25)26)22(27)24-9-5-8-20(24)16-23-10-12-28-13-11-23/h2-4,6-7,17,19-20H,5,8-16H2,1H3/t17?,19?,20-/m0/s1. The number of hydrogen-bond donors (Lipinski definition) is 0. The van der Waals surface area contributed by atoms with Gasteiger partial charge in [0.25, 0.3) is 0 Å². The summed E-state index contributed by atoms with van der Waals surface area (Å²) in [7, 11) is 0. The summed E-state index contributed by atoms with van der Waals surface area (Å²) in [5, 5.41) is 0. The fraction of sp³-hybridized carbons (Fsp3) is 0.636. The van der Waals surface area contributed by atoms with Gasteiger partial charge < -0.3 is 14.5 Å². The molecular formula is C22H31N3O3. The van der Waals surface area contributed by atoms with E-state index in [0.29, 0.717) is 13.0 Å². The second-order valence-electron chi connectivity index (χ2n) is 8.27. The van der Waals surface area contributed by atoms with Gasteiger partial charge in [0.05, 0.1) is 25.2 Å². The third kappa shape index (κ3) is 4.08. The molecule has 1 aromatic rings. The number of likely N-dealkylation sites (tertiary alicyclic amines) is 2. The van der Waals surface area contributed by atoms with Gasteiger partial charge in [-0.05, 0) is 25.3 Å².